The van der Waals surface area contributed by atoms with Crippen molar-refractivity contribution in [3.8, 4) is 10.6 Å². The molecule has 0 aliphatic heterocycles. The van der Waals surface area contributed by atoms with Crippen LogP contribution in [-0.4, -0.2) is 23.3 Å². The molecule has 0 amide bonds. The lowest BCUT2D eigenvalue weighted by Gasteiger charge is -2.05. The summed E-state index contributed by atoms with van der Waals surface area (Å²) in [6.45, 7) is 10.9. The molecule has 1 heterocycles. The Morgan fingerprint density at radius 2 is 1.96 bits per heavy atom. The van der Waals surface area contributed by atoms with Gasteiger partial charge < -0.3 is 10.1 Å². The van der Waals surface area contributed by atoms with Gasteiger partial charge in [0.25, 0.3) is 0 Å². The zero-order valence-electron chi connectivity index (χ0n) is 15.8. The van der Waals surface area contributed by atoms with Crippen molar-refractivity contribution in [2.24, 2.45) is 0 Å². The van der Waals surface area contributed by atoms with E-state index in [2.05, 4.69) is 35.9 Å². The van der Waals surface area contributed by atoms with Gasteiger partial charge in [-0.3, -0.25) is 0 Å². The van der Waals surface area contributed by atoms with E-state index >= 15 is 0 Å². The summed E-state index contributed by atoms with van der Waals surface area (Å²) < 4.78 is 5.57. The highest BCUT2D eigenvalue weighted by Gasteiger charge is 2.08. The summed E-state index contributed by atoms with van der Waals surface area (Å²) in [6, 6.07) is 5.40. The molecule has 1 aromatic heterocycles. The molecule has 0 saturated carbocycles. The van der Waals surface area contributed by atoms with E-state index in [9.17, 15) is 0 Å². The van der Waals surface area contributed by atoms with Crippen LogP contribution in [0.4, 0.5) is 5.13 Å². The third kappa shape index (κ3) is 9.09. The molecule has 1 aromatic carbocycles. The number of nitrogens with zero attached hydrogens (tertiary/aromatic N) is 2. The van der Waals surface area contributed by atoms with Crippen LogP contribution in [0.25, 0.3) is 10.6 Å². The van der Waals surface area contributed by atoms with Crippen LogP contribution in [0, 0.1) is 0 Å². The molecule has 0 aliphatic carbocycles. The van der Waals surface area contributed by atoms with Crippen molar-refractivity contribution in [2.75, 3.05) is 18.5 Å². The first-order valence-corrected chi connectivity index (χ1v) is 10.2. The SMILES string of the molecule is C=C/C=C\C=C(/C)OCCNc1nnc(-c2ccc(Cl)c(Cl)c2)s1.CCC. The second-order valence-electron chi connectivity index (χ2n) is 5.42. The van der Waals surface area contributed by atoms with Crippen LogP contribution in [0.2, 0.25) is 10.0 Å². The molecule has 4 nitrogen and oxygen atoms in total. The Bertz CT molecular complexity index is 772. The molecule has 2 rings (SSSR count). The van der Waals surface area contributed by atoms with Crippen LogP contribution in [0.5, 0.6) is 0 Å². The van der Waals surface area contributed by atoms with Crippen LogP contribution < -0.4 is 5.32 Å². The normalized spacial score (nSPS) is 11.1. The summed E-state index contributed by atoms with van der Waals surface area (Å²) in [6.07, 6.45) is 8.57. The van der Waals surface area contributed by atoms with Gasteiger partial charge in [0.05, 0.1) is 22.3 Å². The standard InChI is InChI=1S/C17H17Cl2N3OS.C3H8/c1-3-4-5-6-12(2)23-10-9-20-17-22-21-16(24-17)13-7-8-14(18)15(19)11-13;1-3-2/h3-8,11H,1,9-10H2,2H3,(H,20,22);3H2,1-2H3/b5-4-,12-6+;. The van der Waals surface area contributed by atoms with Gasteiger partial charge in [-0.05, 0) is 25.1 Å². The second-order valence-corrected chi connectivity index (χ2v) is 7.21. The van der Waals surface area contributed by atoms with Crippen LogP contribution >= 0.6 is 34.5 Å². The number of aromatic nitrogens is 2. The van der Waals surface area contributed by atoms with Gasteiger partial charge in [0, 0.05) is 5.56 Å². The van der Waals surface area contributed by atoms with E-state index in [0.29, 0.717) is 23.2 Å². The highest BCUT2D eigenvalue weighted by atomic mass is 35.5. The number of rotatable bonds is 8. The van der Waals surface area contributed by atoms with E-state index in [0.717, 1.165) is 21.5 Å². The average molecular weight is 426 g/mol. The van der Waals surface area contributed by atoms with Crippen LogP contribution in [0.3, 0.4) is 0 Å². The Morgan fingerprint density at radius 1 is 1.22 bits per heavy atom. The minimum Gasteiger partial charge on any atom is -0.496 e. The van der Waals surface area contributed by atoms with Gasteiger partial charge in [-0.15, -0.1) is 10.2 Å². The topological polar surface area (TPSA) is 47.0 Å². The van der Waals surface area contributed by atoms with Gasteiger partial charge in [-0.2, -0.15) is 0 Å². The predicted octanol–water partition coefficient (Wildman–Crippen LogP) is 7.00. The van der Waals surface area contributed by atoms with Gasteiger partial charge in [0.15, 0.2) is 0 Å². The summed E-state index contributed by atoms with van der Waals surface area (Å²) in [4.78, 5) is 0. The number of hydrogen-bond donors (Lipinski definition) is 1. The number of ether oxygens (including phenoxy) is 1. The molecule has 0 aliphatic rings. The van der Waals surface area contributed by atoms with Gasteiger partial charge in [0.2, 0.25) is 5.13 Å². The second kappa shape index (κ2) is 13.4. The summed E-state index contributed by atoms with van der Waals surface area (Å²) in [5, 5.41) is 14.0. The maximum atomic E-state index is 6.02. The van der Waals surface area contributed by atoms with Crippen molar-refractivity contribution in [3.05, 3.63) is 64.9 Å². The van der Waals surface area contributed by atoms with Crippen LogP contribution in [-0.2, 0) is 4.74 Å². The maximum absolute atomic E-state index is 6.02. The monoisotopic (exact) mass is 425 g/mol. The molecule has 2 aromatic rings. The third-order valence-electron chi connectivity index (χ3n) is 2.88. The van der Waals surface area contributed by atoms with Crippen molar-refractivity contribution in [1.82, 2.24) is 10.2 Å². The van der Waals surface area contributed by atoms with E-state index in [-0.39, 0.29) is 0 Å². The maximum Gasteiger partial charge on any atom is 0.206 e. The highest BCUT2D eigenvalue weighted by molar-refractivity contribution is 7.18. The van der Waals surface area contributed by atoms with Gasteiger partial charge in [-0.25, -0.2) is 0 Å². The number of anilines is 1. The molecule has 0 radical (unpaired) electrons. The predicted molar refractivity (Wildman–Crippen MR) is 119 cm³/mol. The number of hydrogen-bond acceptors (Lipinski definition) is 5. The fraction of sp³-hybridized carbons (Fsp3) is 0.300. The molecule has 0 bridgehead atoms. The van der Waals surface area contributed by atoms with Crippen LogP contribution in [0.1, 0.15) is 27.2 Å². The zero-order valence-corrected chi connectivity index (χ0v) is 18.2. The molecule has 146 valence electrons. The summed E-state index contributed by atoms with van der Waals surface area (Å²) in [7, 11) is 0. The lowest BCUT2D eigenvalue weighted by molar-refractivity contribution is 0.226. The van der Waals surface area contributed by atoms with E-state index in [1.54, 1.807) is 18.2 Å². The van der Waals surface area contributed by atoms with E-state index in [4.69, 9.17) is 27.9 Å². The van der Waals surface area contributed by atoms with E-state index < -0.39 is 0 Å². The quantitative estimate of drug-likeness (QED) is 0.280. The van der Waals surface area contributed by atoms with Crippen molar-refractivity contribution in [1.29, 1.82) is 0 Å². The molecular weight excluding hydrogens is 401 g/mol. The van der Waals surface area contributed by atoms with Gasteiger partial charge >= 0.3 is 0 Å². The van der Waals surface area contributed by atoms with E-state index in [1.807, 2.05) is 31.2 Å². The van der Waals surface area contributed by atoms with Crippen molar-refractivity contribution >= 4 is 39.7 Å². The number of benzene rings is 1. The van der Waals surface area contributed by atoms with E-state index in [1.165, 1.54) is 17.8 Å². The molecule has 0 unspecified atom stereocenters. The van der Waals surface area contributed by atoms with Crippen molar-refractivity contribution in [2.45, 2.75) is 27.2 Å². The van der Waals surface area contributed by atoms with Crippen molar-refractivity contribution in [3.63, 3.8) is 0 Å². The number of nitrogens with one attached hydrogen (secondary N) is 1. The molecule has 0 fully saturated rings. The number of allylic oxidation sites excluding steroid dienone is 5. The smallest absolute Gasteiger partial charge is 0.206 e. The largest absolute Gasteiger partial charge is 0.496 e. The molecular formula is C20H25Cl2N3OS. The first-order valence-electron chi connectivity index (χ1n) is 8.63. The lowest BCUT2D eigenvalue weighted by Crippen LogP contribution is -2.08. The molecule has 1 N–H and O–H groups in total. The number of halogens is 2. The summed E-state index contributed by atoms with van der Waals surface area (Å²) in [5.74, 6) is 0.837. The Kier molecular flexibility index (Phi) is 11.5. The first-order chi connectivity index (χ1) is 13.0. The Balaban J connectivity index is 0.00000114. The van der Waals surface area contributed by atoms with Gasteiger partial charge in [0.1, 0.15) is 11.6 Å². The molecule has 0 spiro atoms. The highest BCUT2D eigenvalue weighted by Crippen LogP contribution is 2.31. The van der Waals surface area contributed by atoms with Crippen LogP contribution in [0.15, 0.2) is 54.8 Å². The van der Waals surface area contributed by atoms with Crippen molar-refractivity contribution < 1.29 is 4.74 Å². The third-order valence-corrected chi connectivity index (χ3v) is 4.55. The summed E-state index contributed by atoms with van der Waals surface area (Å²) >= 11 is 13.4. The fourth-order valence-electron chi connectivity index (χ4n) is 1.73. The Morgan fingerprint density at radius 3 is 2.63 bits per heavy atom. The summed E-state index contributed by atoms with van der Waals surface area (Å²) in [5.41, 5.74) is 0.888. The Labute approximate surface area is 175 Å². The zero-order chi connectivity index (χ0) is 20.1. The Hall–Kier alpha value is -1.82. The molecule has 27 heavy (non-hydrogen) atoms. The minimum absolute atomic E-state index is 0.500. The first kappa shape index (κ1) is 23.2. The minimum atomic E-state index is 0.500. The molecule has 0 atom stereocenters. The molecule has 0 saturated heterocycles. The fourth-order valence-corrected chi connectivity index (χ4v) is 2.79. The van der Waals surface area contributed by atoms with Gasteiger partial charge in [-0.1, -0.05) is 85.7 Å². The average Bonchev–Trinajstić information content (AvgIpc) is 3.11. The molecule has 7 heteroatoms. The lowest BCUT2D eigenvalue weighted by atomic mass is 10.2.